The van der Waals surface area contributed by atoms with Gasteiger partial charge in [-0.1, -0.05) is 24.3 Å². The van der Waals surface area contributed by atoms with Gasteiger partial charge in [0.15, 0.2) is 11.6 Å². The van der Waals surface area contributed by atoms with Gasteiger partial charge in [0.25, 0.3) is 5.91 Å². The molecule has 0 aliphatic carbocycles. The Labute approximate surface area is 207 Å². The summed E-state index contributed by atoms with van der Waals surface area (Å²) in [5.41, 5.74) is 14.3. The van der Waals surface area contributed by atoms with Crippen LogP contribution < -0.4 is 26.8 Å². The number of anilines is 3. The molecule has 3 aromatic carbocycles. The number of hydrogen-bond acceptors (Lipinski definition) is 6. The highest BCUT2D eigenvalue weighted by Gasteiger charge is 2.13. The molecule has 0 aliphatic heterocycles. The third kappa shape index (κ3) is 6.06. The smallest absolute Gasteiger partial charge is 0.255 e. The predicted molar refractivity (Wildman–Crippen MR) is 136 cm³/mol. The second kappa shape index (κ2) is 11.2. The minimum Gasteiger partial charge on any atom is -0.457 e. The SMILES string of the molecule is Nc1ccc(Oc2ccccc2CCNc2ncccc2C(=O)NCc2ccc(F)c(F)c2)cc1N. The number of aromatic nitrogens is 1. The van der Waals surface area contributed by atoms with Crippen LogP contribution in [0.4, 0.5) is 26.0 Å². The topological polar surface area (TPSA) is 115 Å². The number of pyridine rings is 1. The Bertz CT molecular complexity index is 1380. The van der Waals surface area contributed by atoms with Gasteiger partial charge in [0.05, 0.1) is 16.9 Å². The van der Waals surface area contributed by atoms with E-state index in [2.05, 4.69) is 15.6 Å². The molecule has 0 spiro atoms. The molecule has 4 rings (SSSR count). The summed E-state index contributed by atoms with van der Waals surface area (Å²) >= 11 is 0. The van der Waals surface area contributed by atoms with Crippen molar-refractivity contribution < 1.29 is 18.3 Å². The van der Waals surface area contributed by atoms with Crippen LogP contribution in [-0.2, 0) is 13.0 Å². The number of carbonyl (C=O) groups is 1. The zero-order valence-electron chi connectivity index (χ0n) is 19.3. The summed E-state index contributed by atoms with van der Waals surface area (Å²) in [6.07, 6.45) is 2.17. The van der Waals surface area contributed by atoms with Crippen LogP contribution in [-0.4, -0.2) is 17.4 Å². The molecular formula is C27H25F2N5O2. The summed E-state index contributed by atoms with van der Waals surface area (Å²) in [6, 6.07) is 19.5. The van der Waals surface area contributed by atoms with Crippen molar-refractivity contribution >= 4 is 23.1 Å². The minimum absolute atomic E-state index is 0.0464. The van der Waals surface area contributed by atoms with E-state index in [1.165, 1.54) is 6.07 Å². The van der Waals surface area contributed by atoms with Crippen LogP contribution in [0.15, 0.2) is 79.0 Å². The Morgan fingerprint density at radius 3 is 2.56 bits per heavy atom. The van der Waals surface area contributed by atoms with E-state index in [0.717, 1.165) is 17.7 Å². The summed E-state index contributed by atoms with van der Waals surface area (Å²) in [4.78, 5) is 17.0. The molecule has 1 amide bonds. The lowest BCUT2D eigenvalue weighted by Crippen LogP contribution is -2.24. The fourth-order valence-electron chi connectivity index (χ4n) is 3.53. The summed E-state index contributed by atoms with van der Waals surface area (Å²) < 4.78 is 32.6. The quantitative estimate of drug-likeness (QED) is 0.249. The van der Waals surface area contributed by atoms with Crippen molar-refractivity contribution in [2.45, 2.75) is 13.0 Å². The second-order valence-electron chi connectivity index (χ2n) is 8.01. The molecule has 0 saturated heterocycles. The molecule has 1 heterocycles. The zero-order chi connectivity index (χ0) is 25.5. The number of hydrogen-bond donors (Lipinski definition) is 4. The number of nitrogens with two attached hydrogens (primary N) is 2. The van der Waals surface area contributed by atoms with Gasteiger partial charge < -0.3 is 26.8 Å². The standard InChI is InChI=1S/C27H25F2N5O2/c28-21-9-7-17(14-22(21)29)16-34-27(35)20-5-3-12-32-26(20)33-13-11-18-4-1-2-6-25(18)36-19-8-10-23(30)24(31)15-19/h1-10,12,14-15H,11,13,16,30-31H2,(H,32,33)(H,34,35). The van der Waals surface area contributed by atoms with E-state index >= 15 is 0 Å². The number of nitrogens with zero attached hydrogens (tertiary/aromatic N) is 1. The van der Waals surface area contributed by atoms with Crippen molar-refractivity contribution in [1.29, 1.82) is 0 Å². The van der Waals surface area contributed by atoms with Crippen molar-refractivity contribution in [1.82, 2.24) is 10.3 Å². The van der Waals surface area contributed by atoms with E-state index in [4.69, 9.17) is 16.2 Å². The van der Waals surface area contributed by atoms with Gasteiger partial charge in [0, 0.05) is 25.4 Å². The van der Waals surface area contributed by atoms with E-state index in [9.17, 15) is 13.6 Å². The van der Waals surface area contributed by atoms with Crippen LogP contribution in [0.1, 0.15) is 21.5 Å². The van der Waals surface area contributed by atoms with Gasteiger partial charge in [-0.3, -0.25) is 4.79 Å². The van der Waals surface area contributed by atoms with Gasteiger partial charge in [-0.05, 0) is 60.0 Å². The average Bonchev–Trinajstić information content (AvgIpc) is 2.88. The fourth-order valence-corrected chi connectivity index (χ4v) is 3.53. The summed E-state index contributed by atoms with van der Waals surface area (Å²) in [5.74, 6) is -0.631. The van der Waals surface area contributed by atoms with Crippen LogP contribution in [0.3, 0.4) is 0 Å². The molecule has 0 fully saturated rings. The number of carbonyl (C=O) groups excluding carboxylic acids is 1. The largest absolute Gasteiger partial charge is 0.457 e. The Balaban J connectivity index is 1.38. The van der Waals surface area contributed by atoms with E-state index in [0.29, 0.717) is 52.8 Å². The average molecular weight is 490 g/mol. The maximum absolute atomic E-state index is 13.4. The molecule has 7 nitrogen and oxygen atoms in total. The lowest BCUT2D eigenvalue weighted by atomic mass is 10.1. The lowest BCUT2D eigenvalue weighted by Gasteiger charge is -2.14. The third-order valence-electron chi connectivity index (χ3n) is 5.43. The van der Waals surface area contributed by atoms with Gasteiger partial charge in [0.1, 0.15) is 17.3 Å². The molecular weight excluding hydrogens is 464 g/mol. The van der Waals surface area contributed by atoms with Gasteiger partial charge in [-0.2, -0.15) is 0 Å². The number of nitrogen functional groups attached to an aromatic ring is 2. The van der Waals surface area contributed by atoms with Crippen molar-refractivity contribution in [3.8, 4) is 11.5 Å². The first kappa shape index (κ1) is 24.5. The number of halogens is 2. The van der Waals surface area contributed by atoms with Crippen molar-refractivity contribution in [3.05, 3.63) is 107 Å². The van der Waals surface area contributed by atoms with Crippen LogP contribution >= 0.6 is 0 Å². The molecule has 0 radical (unpaired) electrons. The van der Waals surface area contributed by atoms with Crippen molar-refractivity contribution in [2.24, 2.45) is 0 Å². The zero-order valence-corrected chi connectivity index (χ0v) is 19.3. The number of nitrogens with one attached hydrogen (secondary N) is 2. The van der Waals surface area contributed by atoms with Gasteiger partial charge in [-0.15, -0.1) is 0 Å². The normalized spacial score (nSPS) is 10.6. The molecule has 36 heavy (non-hydrogen) atoms. The number of rotatable bonds is 9. The molecule has 1 aromatic heterocycles. The monoisotopic (exact) mass is 489 g/mol. The number of para-hydroxylation sites is 1. The molecule has 6 N–H and O–H groups in total. The minimum atomic E-state index is -0.963. The molecule has 184 valence electrons. The Hall–Kier alpha value is -4.66. The van der Waals surface area contributed by atoms with E-state index in [-0.39, 0.29) is 12.5 Å². The van der Waals surface area contributed by atoms with E-state index in [1.54, 1.807) is 36.5 Å². The Morgan fingerprint density at radius 1 is 0.917 bits per heavy atom. The van der Waals surface area contributed by atoms with Crippen LogP contribution in [0.2, 0.25) is 0 Å². The molecule has 0 saturated carbocycles. The molecule has 0 atom stereocenters. The molecule has 0 aliphatic rings. The van der Waals surface area contributed by atoms with Crippen LogP contribution in [0.5, 0.6) is 11.5 Å². The summed E-state index contributed by atoms with van der Waals surface area (Å²) in [7, 11) is 0. The first-order valence-corrected chi connectivity index (χ1v) is 11.2. The Morgan fingerprint density at radius 2 is 1.75 bits per heavy atom. The highest BCUT2D eigenvalue weighted by atomic mass is 19.2. The molecule has 0 unspecified atom stereocenters. The predicted octanol–water partition coefficient (Wildman–Crippen LogP) is 4.90. The highest BCUT2D eigenvalue weighted by molar-refractivity contribution is 5.98. The highest BCUT2D eigenvalue weighted by Crippen LogP contribution is 2.29. The first-order valence-electron chi connectivity index (χ1n) is 11.2. The summed E-state index contributed by atoms with van der Waals surface area (Å²) in [5, 5.41) is 5.90. The maximum Gasteiger partial charge on any atom is 0.255 e. The van der Waals surface area contributed by atoms with Gasteiger partial charge >= 0.3 is 0 Å². The summed E-state index contributed by atoms with van der Waals surface area (Å²) in [6.45, 7) is 0.523. The first-order chi connectivity index (χ1) is 17.4. The maximum atomic E-state index is 13.4. The third-order valence-corrected chi connectivity index (χ3v) is 5.43. The fraction of sp³-hybridized carbons (Fsp3) is 0.111. The molecule has 4 aromatic rings. The van der Waals surface area contributed by atoms with Crippen LogP contribution in [0, 0.1) is 11.6 Å². The molecule has 9 heteroatoms. The number of benzene rings is 3. The lowest BCUT2D eigenvalue weighted by molar-refractivity contribution is 0.0951. The van der Waals surface area contributed by atoms with Crippen molar-refractivity contribution in [3.63, 3.8) is 0 Å². The number of ether oxygens (including phenoxy) is 1. The second-order valence-corrected chi connectivity index (χ2v) is 8.01. The van der Waals surface area contributed by atoms with E-state index < -0.39 is 11.6 Å². The van der Waals surface area contributed by atoms with Crippen molar-refractivity contribution in [2.75, 3.05) is 23.3 Å². The van der Waals surface area contributed by atoms with Gasteiger partial charge in [-0.25, -0.2) is 13.8 Å². The number of amides is 1. The Kier molecular flexibility index (Phi) is 7.60. The van der Waals surface area contributed by atoms with E-state index in [1.807, 2.05) is 24.3 Å². The van der Waals surface area contributed by atoms with Gasteiger partial charge in [0.2, 0.25) is 0 Å². The van der Waals surface area contributed by atoms with Crippen LogP contribution in [0.25, 0.3) is 0 Å². The molecule has 0 bridgehead atoms.